The molecule has 2 aliphatic heterocycles. The molecule has 214 valence electrons. The van der Waals surface area contributed by atoms with Crippen molar-refractivity contribution in [3.05, 3.63) is 44.7 Å². The van der Waals surface area contributed by atoms with Crippen molar-refractivity contribution in [1.82, 2.24) is 15.1 Å². The molecule has 1 aromatic carbocycles. The van der Waals surface area contributed by atoms with Gasteiger partial charge in [-0.3, -0.25) is 9.59 Å². The molecule has 2 saturated carbocycles. The minimum Gasteiger partial charge on any atom is -0.399 e. The van der Waals surface area contributed by atoms with E-state index in [2.05, 4.69) is 31.5 Å². The molecule has 3 amide bonds. The predicted molar refractivity (Wildman–Crippen MR) is 159 cm³/mol. The highest BCUT2D eigenvalue weighted by atomic mass is 79.9. The number of amides is 3. The fraction of sp³-hybridized carbons (Fsp3) is 0.552. The number of ether oxygens (including phenoxy) is 1. The van der Waals surface area contributed by atoms with Crippen LogP contribution < -0.4 is 15.4 Å². The Morgan fingerprint density at radius 1 is 1.07 bits per heavy atom. The van der Waals surface area contributed by atoms with Crippen molar-refractivity contribution < 1.29 is 19.1 Å². The second-order valence-electron chi connectivity index (χ2n) is 11.6. The zero-order valence-corrected chi connectivity index (χ0v) is 25.5. The summed E-state index contributed by atoms with van der Waals surface area (Å²) in [7, 11) is 0. The minimum atomic E-state index is -1.05. The lowest BCUT2D eigenvalue weighted by Gasteiger charge is -2.36. The molecule has 0 radical (unpaired) electrons. The van der Waals surface area contributed by atoms with E-state index < -0.39 is 11.6 Å². The van der Waals surface area contributed by atoms with Crippen molar-refractivity contribution in [3.8, 4) is 5.06 Å². The lowest BCUT2D eigenvalue weighted by atomic mass is 9.80. The maximum atomic E-state index is 13.8. The maximum Gasteiger partial charge on any atom is 0.414 e. The van der Waals surface area contributed by atoms with Crippen LogP contribution in [0.5, 0.6) is 5.06 Å². The van der Waals surface area contributed by atoms with Crippen LogP contribution in [0.1, 0.15) is 61.7 Å². The number of nitrogens with zero attached hydrogens (tertiary/aromatic N) is 2. The van der Waals surface area contributed by atoms with Gasteiger partial charge in [-0.25, -0.2) is 4.79 Å². The Morgan fingerprint density at radius 2 is 1.90 bits per heavy atom. The summed E-state index contributed by atoms with van der Waals surface area (Å²) in [6.07, 6.45) is 7.25. The second kappa shape index (κ2) is 11.6. The number of likely N-dealkylation sites (tertiary alicyclic amines) is 2. The SMILES string of the molecule is O=C(NC1(C(=O)Nc2ccc(C(=O)N3CCC[C@H]3CN3CCCC3)c(Cl)c2)CC2CCC1C2)Oc1ccc(Br)s1. The molecule has 4 fully saturated rings. The molecular weight excluding hydrogens is 616 g/mol. The first kappa shape index (κ1) is 28.0. The van der Waals surface area contributed by atoms with Gasteiger partial charge in [0.2, 0.25) is 0 Å². The predicted octanol–water partition coefficient (Wildman–Crippen LogP) is 6.15. The Morgan fingerprint density at radius 3 is 2.58 bits per heavy atom. The topological polar surface area (TPSA) is 91.0 Å². The first-order chi connectivity index (χ1) is 19.3. The monoisotopic (exact) mass is 648 g/mol. The molecule has 3 heterocycles. The summed E-state index contributed by atoms with van der Waals surface area (Å²) in [5.74, 6) is 0.104. The average molecular weight is 650 g/mol. The second-order valence-corrected chi connectivity index (χ2v) is 14.4. The van der Waals surface area contributed by atoms with Gasteiger partial charge in [-0.2, -0.15) is 0 Å². The quantitative estimate of drug-likeness (QED) is 0.376. The summed E-state index contributed by atoms with van der Waals surface area (Å²) in [6.45, 7) is 3.87. The Bertz CT molecular complexity index is 1300. The summed E-state index contributed by atoms with van der Waals surface area (Å²) in [5, 5.41) is 6.69. The number of benzene rings is 1. The third kappa shape index (κ3) is 5.65. The van der Waals surface area contributed by atoms with Crippen LogP contribution in [0.15, 0.2) is 34.1 Å². The summed E-state index contributed by atoms with van der Waals surface area (Å²) < 4.78 is 6.34. The third-order valence-electron chi connectivity index (χ3n) is 9.08. The van der Waals surface area contributed by atoms with Gasteiger partial charge in [-0.15, -0.1) is 0 Å². The van der Waals surface area contributed by atoms with Gasteiger partial charge < -0.3 is 25.2 Å². The molecule has 4 atom stereocenters. The molecule has 40 heavy (non-hydrogen) atoms. The number of carbonyl (C=O) groups excluding carboxylic acids is 3. The molecule has 8 nitrogen and oxygen atoms in total. The molecule has 2 aliphatic carbocycles. The van der Waals surface area contributed by atoms with Gasteiger partial charge in [0.05, 0.1) is 14.4 Å². The third-order valence-corrected chi connectivity index (χ3v) is 10.9. The van der Waals surface area contributed by atoms with E-state index in [1.807, 2.05) is 11.0 Å². The lowest BCUT2D eigenvalue weighted by Crippen LogP contribution is -2.60. The molecule has 2 aromatic rings. The van der Waals surface area contributed by atoms with Crippen molar-refractivity contribution in [2.24, 2.45) is 11.8 Å². The first-order valence-electron chi connectivity index (χ1n) is 14.2. The molecule has 2 N–H and O–H groups in total. The number of thiophene rings is 1. The zero-order chi connectivity index (χ0) is 27.9. The van der Waals surface area contributed by atoms with Crippen molar-refractivity contribution in [3.63, 3.8) is 0 Å². The summed E-state index contributed by atoms with van der Waals surface area (Å²) in [6, 6.07) is 8.80. The molecule has 0 spiro atoms. The Balaban J connectivity index is 1.14. The Labute approximate surface area is 251 Å². The van der Waals surface area contributed by atoms with E-state index in [1.54, 1.807) is 24.3 Å². The van der Waals surface area contributed by atoms with Crippen LogP contribution in [0, 0.1) is 11.8 Å². The van der Waals surface area contributed by atoms with E-state index >= 15 is 0 Å². The van der Waals surface area contributed by atoms with E-state index in [0.29, 0.717) is 33.7 Å². The van der Waals surface area contributed by atoms with E-state index in [-0.39, 0.29) is 23.8 Å². The number of rotatable bonds is 7. The van der Waals surface area contributed by atoms with Gasteiger partial charge in [-0.1, -0.05) is 22.9 Å². The Hall–Kier alpha value is -2.14. The van der Waals surface area contributed by atoms with Crippen molar-refractivity contribution in [1.29, 1.82) is 0 Å². The fourth-order valence-electron chi connectivity index (χ4n) is 7.19. The molecule has 1 aromatic heterocycles. The van der Waals surface area contributed by atoms with Gasteiger partial charge in [0.1, 0.15) is 5.54 Å². The van der Waals surface area contributed by atoms with Crippen LogP contribution in [0.25, 0.3) is 0 Å². The molecular formula is C29H34BrClN4O4S. The molecule has 11 heteroatoms. The Kier molecular flexibility index (Phi) is 8.14. The number of carbonyl (C=O) groups is 3. The minimum absolute atomic E-state index is 0.0409. The van der Waals surface area contributed by atoms with Crippen LogP contribution in [0.2, 0.25) is 5.02 Å². The smallest absolute Gasteiger partial charge is 0.399 e. The van der Waals surface area contributed by atoms with Gasteiger partial charge >= 0.3 is 6.09 Å². The van der Waals surface area contributed by atoms with Crippen LogP contribution in [-0.2, 0) is 4.79 Å². The highest BCUT2D eigenvalue weighted by Crippen LogP contribution is 2.51. The average Bonchev–Trinajstić information content (AvgIpc) is 3.75. The van der Waals surface area contributed by atoms with E-state index in [1.165, 1.54) is 24.2 Å². The number of nitrogens with one attached hydrogen (secondary N) is 2. The zero-order valence-electron chi connectivity index (χ0n) is 22.3. The van der Waals surface area contributed by atoms with Crippen LogP contribution in [0.4, 0.5) is 10.5 Å². The first-order valence-corrected chi connectivity index (χ1v) is 16.2. The van der Waals surface area contributed by atoms with Crippen molar-refractivity contribution in [2.75, 3.05) is 31.5 Å². The molecule has 3 unspecified atom stereocenters. The molecule has 6 rings (SSSR count). The summed E-state index contributed by atoms with van der Waals surface area (Å²) in [4.78, 5) is 44.5. The van der Waals surface area contributed by atoms with E-state index in [4.69, 9.17) is 16.3 Å². The molecule has 2 saturated heterocycles. The largest absolute Gasteiger partial charge is 0.414 e. The van der Waals surface area contributed by atoms with E-state index in [9.17, 15) is 14.4 Å². The number of halogens is 2. The molecule has 4 aliphatic rings. The summed E-state index contributed by atoms with van der Waals surface area (Å²) >= 11 is 11.3. The summed E-state index contributed by atoms with van der Waals surface area (Å²) in [5.41, 5.74) is -0.0964. The number of hydrogen-bond acceptors (Lipinski definition) is 6. The van der Waals surface area contributed by atoms with Crippen LogP contribution >= 0.6 is 38.9 Å². The fourth-order valence-corrected chi connectivity index (χ4v) is 8.64. The normalized spacial score (nSPS) is 27.8. The van der Waals surface area contributed by atoms with Gasteiger partial charge in [-0.05, 0) is 123 Å². The number of hydrogen-bond donors (Lipinski definition) is 2. The lowest BCUT2D eigenvalue weighted by molar-refractivity contribution is -0.124. The van der Waals surface area contributed by atoms with Crippen molar-refractivity contribution >= 4 is 62.5 Å². The highest BCUT2D eigenvalue weighted by molar-refractivity contribution is 9.11. The van der Waals surface area contributed by atoms with Crippen LogP contribution in [0.3, 0.4) is 0 Å². The standard InChI is InChI=1S/C29H34BrClN4O4S/c30-24-9-10-25(40-24)39-28(38)33-29(16-18-5-6-19(29)14-18)27(37)32-20-7-8-22(23(31)15-20)26(36)35-13-3-4-21(35)17-34-11-1-2-12-34/h7-10,15,18-19,21H,1-6,11-14,16-17H2,(H,32,37)(H,33,38)/t18?,19?,21-,29?/m0/s1. The highest BCUT2D eigenvalue weighted by Gasteiger charge is 2.57. The molecule has 2 bridgehead atoms. The maximum absolute atomic E-state index is 13.8. The number of anilines is 1. The van der Waals surface area contributed by atoms with Crippen LogP contribution in [-0.4, -0.2) is 65.5 Å². The van der Waals surface area contributed by atoms with Gasteiger partial charge in [0, 0.05) is 24.8 Å². The van der Waals surface area contributed by atoms with Crippen molar-refractivity contribution in [2.45, 2.75) is 62.9 Å². The van der Waals surface area contributed by atoms with Gasteiger partial charge in [0.15, 0.2) is 5.06 Å². The van der Waals surface area contributed by atoms with Gasteiger partial charge in [0.25, 0.3) is 11.8 Å². The van der Waals surface area contributed by atoms with E-state index in [0.717, 1.165) is 62.1 Å². The number of fused-ring (bicyclic) bond motifs is 2.